The average molecular weight is 258 g/mol. The lowest BCUT2D eigenvalue weighted by atomic mass is 9.76. The van der Waals surface area contributed by atoms with Gasteiger partial charge in [0.2, 0.25) is 0 Å². The van der Waals surface area contributed by atoms with Gasteiger partial charge < -0.3 is 9.52 Å². The van der Waals surface area contributed by atoms with E-state index < -0.39 is 5.60 Å². The zero-order chi connectivity index (χ0) is 13.3. The SMILES string of the molecule is CCCC1CCC(O)(c2cc3ccccc3o2)CC1. The van der Waals surface area contributed by atoms with Crippen LogP contribution in [-0.4, -0.2) is 5.11 Å². The summed E-state index contributed by atoms with van der Waals surface area (Å²) in [6, 6.07) is 9.98. The highest BCUT2D eigenvalue weighted by Crippen LogP contribution is 2.42. The average Bonchev–Trinajstić information content (AvgIpc) is 2.86. The predicted molar refractivity (Wildman–Crippen MR) is 77.0 cm³/mol. The van der Waals surface area contributed by atoms with Crippen LogP contribution in [0.5, 0.6) is 0 Å². The maximum Gasteiger partial charge on any atom is 0.136 e. The third-order valence-electron chi connectivity index (χ3n) is 4.51. The van der Waals surface area contributed by atoms with Crippen LogP contribution in [0.2, 0.25) is 0 Å². The van der Waals surface area contributed by atoms with Gasteiger partial charge in [-0.1, -0.05) is 38.0 Å². The van der Waals surface area contributed by atoms with Gasteiger partial charge in [0, 0.05) is 5.39 Å². The Labute approximate surface area is 114 Å². The van der Waals surface area contributed by atoms with Crippen molar-refractivity contribution in [1.29, 1.82) is 0 Å². The molecule has 2 heteroatoms. The Kier molecular flexibility index (Phi) is 3.36. The maximum absolute atomic E-state index is 10.8. The summed E-state index contributed by atoms with van der Waals surface area (Å²) in [7, 11) is 0. The topological polar surface area (TPSA) is 33.4 Å². The normalized spacial score (nSPS) is 27.8. The highest BCUT2D eigenvalue weighted by Gasteiger charge is 2.37. The van der Waals surface area contributed by atoms with E-state index in [1.807, 2.05) is 30.3 Å². The second kappa shape index (κ2) is 5.01. The monoisotopic (exact) mass is 258 g/mol. The first-order valence-electron chi connectivity index (χ1n) is 7.43. The summed E-state index contributed by atoms with van der Waals surface area (Å²) in [5.74, 6) is 1.54. The largest absolute Gasteiger partial charge is 0.458 e. The zero-order valence-corrected chi connectivity index (χ0v) is 11.6. The summed E-state index contributed by atoms with van der Waals surface area (Å²) in [6.07, 6.45) is 6.42. The van der Waals surface area contributed by atoms with Crippen molar-refractivity contribution in [3.05, 3.63) is 36.1 Å². The van der Waals surface area contributed by atoms with E-state index in [-0.39, 0.29) is 0 Å². The summed E-state index contributed by atoms with van der Waals surface area (Å²) >= 11 is 0. The standard InChI is InChI=1S/C17H22O2/c1-2-5-13-8-10-17(18,11-9-13)16-12-14-6-3-4-7-15(14)19-16/h3-4,6-7,12-13,18H,2,5,8-11H2,1H3. The number of para-hydroxylation sites is 1. The van der Waals surface area contributed by atoms with Crippen LogP contribution in [0.1, 0.15) is 51.2 Å². The number of hydrogen-bond donors (Lipinski definition) is 1. The molecule has 1 aliphatic carbocycles. The summed E-state index contributed by atoms with van der Waals surface area (Å²) in [5.41, 5.74) is 0.130. The van der Waals surface area contributed by atoms with E-state index in [2.05, 4.69) is 6.92 Å². The van der Waals surface area contributed by atoms with Gasteiger partial charge in [0.25, 0.3) is 0 Å². The fraction of sp³-hybridized carbons (Fsp3) is 0.529. The Morgan fingerprint density at radius 1 is 1.26 bits per heavy atom. The summed E-state index contributed by atoms with van der Waals surface area (Å²) in [4.78, 5) is 0. The number of aliphatic hydroxyl groups is 1. The van der Waals surface area contributed by atoms with Crippen molar-refractivity contribution in [2.24, 2.45) is 5.92 Å². The van der Waals surface area contributed by atoms with Gasteiger partial charge in [-0.15, -0.1) is 0 Å². The van der Waals surface area contributed by atoms with Crippen LogP contribution in [0.25, 0.3) is 11.0 Å². The molecule has 3 rings (SSSR count). The van der Waals surface area contributed by atoms with Crippen molar-refractivity contribution in [3.8, 4) is 0 Å². The minimum atomic E-state index is -0.747. The van der Waals surface area contributed by atoms with E-state index >= 15 is 0 Å². The van der Waals surface area contributed by atoms with E-state index in [4.69, 9.17) is 4.42 Å². The van der Waals surface area contributed by atoms with E-state index in [0.717, 1.165) is 48.3 Å². The molecule has 2 nitrogen and oxygen atoms in total. The van der Waals surface area contributed by atoms with Crippen LogP contribution < -0.4 is 0 Å². The molecule has 1 aromatic carbocycles. The number of hydrogen-bond acceptors (Lipinski definition) is 2. The van der Waals surface area contributed by atoms with Crippen molar-refractivity contribution >= 4 is 11.0 Å². The highest BCUT2D eigenvalue weighted by molar-refractivity contribution is 5.77. The molecular formula is C17H22O2. The van der Waals surface area contributed by atoms with Gasteiger partial charge in [-0.2, -0.15) is 0 Å². The molecule has 0 saturated heterocycles. The van der Waals surface area contributed by atoms with Crippen molar-refractivity contribution in [2.75, 3.05) is 0 Å². The number of fused-ring (bicyclic) bond motifs is 1. The molecule has 2 aromatic rings. The molecule has 0 amide bonds. The first-order valence-corrected chi connectivity index (χ1v) is 7.43. The summed E-state index contributed by atoms with van der Waals surface area (Å²) < 4.78 is 5.86. The predicted octanol–water partition coefficient (Wildman–Crippen LogP) is 4.61. The minimum Gasteiger partial charge on any atom is -0.458 e. The molecule has 0 bridgehead atoms. The molecule has 0 spiro atoms. The molecule has 0 atom stereocenters. The number of benzene rings is 1. The summed E-state index contributed by atoms with van der Waals surface area (Å²) in [6.45, 7) is 2.24. The van der Waals surface area contributed by atoms with Gasteiger partial charge in [-0.3, -0.25) is 0 Å². The fourth-order valence-electron chi connectivity index (χ4n) is 3.31. The van der Waals surface area contributed by atoms with Crippen LogP contribution >= 0.6 is 0 Å². The second-order valence-corrected chi connectivity index (χ2v) is 5.91. The molecular weight excluding hydrogens is 236 g/mol. The molecule has 0 aliphatic heterocycles. The molecule has 1 aliphatic rings. The van der Waals surface area contributed by atoms with Crippen molar-refractivity contribution in [1.82, 2.24) is 0 Å². The molecule has 1 aromatic heterocycles. The minimum absolute atomic E-state index is 0.747. The summed E-state index contributed by atoms with van der Waals surface area (Å²) in [5, 5.41) is 11.9. The van der Waals surface area contributed by atoms with E-state index in [0.29, 0.717) is 0 Å². The van der Waals surface area contributed by atoms with Crippen molar-refractivity contribution in [2.45, 2.75) is 51.0 Å². The molecule has 0 unspecified atom stereocenters. The molecule has 1 saturated carbocycles. The van der Waals surface area contributed by atoms with Gasteiger partial charge in [-0.25, -0.2) is 0 Å². The third-order valence-corrected chi connectivity index (χ3v) is 4.51. The molecule has 1 N–H and O–H groups in total. The third kappa shape index (κ3) is 2.42. The highest BCUT2D eigenvalue weighted by atomic mass is 16.4. The van der Waals surface area contributed by atoms with Gasteiger partial charge in [-0.05, 0) is 43.7 Å². The lowest BCUT2D eigenvalue weighted by molar-refractivity contribution is -0.0317. The van der Waals surface area contributed by atoms with Crippen LogP contribution in [0.15, 0.2) is 34.7 Å². The smallest absolute Gasteiger partial charge is 0.136 e. The van der Waals surface area contributed by atoms with Crippen LogP contribution in [-0.2, 0) is 5.60 Å². The van der Waals surface area contributed by atoms with Gasteiger partial charge in [0.05, 0.1) is 0 Å². The molecule has 19 heavy (non-hydrogen) atoms. The Morgan fingerprint density at radius 2 is 2.00 bits per heavy atom. The fourth-order valence-corrected chi connectivity index (χ4v) is 3.31. The quantitative estimate of drug-likeness (QED) is 0.872. The van der Waals surface area contributed by atoms with Crippen molar-refractivity contribution in [3.63, 3.8) is 0 Å². The Balaban J connectivity index is 1.81. The first kappa shape index (κ1) is 12.7. The molecule has 1 fully saturated rings. The van der Waals surface area contributed by atoms with E-state index in [9.17, 15) is 5.11 Å². The molecule has 0 radical (unpaired) electrons. The van der Waals surface area contributed by atoms with Crippen LogP contribution in [0, 0.1) is 5.92 Å². The van der Waals surface area contributed by atoms with Gasteiger partial charge in [0.1, 0.15) is 16.9 Å². The number of furan rings is 1. The maximum atomic E-state index is 10.8. The van der Waals surface area contributed by atoms with Crippen LogP contribution in [0.4, 0.5) is 0 Å². The Hall–Kier alpha value is -1.28. The first-order chi connectivity index (χ1) is 9.21. The van der Waals surface area contributed by atoms with Gasteiger partial charge in [0.15, 0.2) is 0 Å². The zero-order valence-electron chi connectivity index (χ0n) is 11.6. The molecule has 1 heterocycles. The van der Waals surface area contributed by atoms with E-state index in [1.54, 1.807) is 0 Å². The lowest BCUT2D eigenvalue weighted by Gasteiger charge is -2.34. The van der Waals surface area contributed by atoms with E-state index in [1.165, 1.54) is 12.8 Å². The Morgan fingerprint density at radius 3 is 2.68 bits per heavy atom. The van der Waals surface area contributed by atoms with Gasteiger partial charge >= 0.3 is 0 Å². The number of rotatable bonds is 3. The Bertz CT molecular complexity index is 514. The second-order valence-electron chi connectivity index (χ2n) is 5.91. The van der Waals surface area contributed by atoms with Crippen molar-refractivity contribution < 1.29 is 9.52 Å². The van der Waals surface area contributed by atoms with Crippen LogP contribution in [0.3, 0.4) is 0 Å². The molecule has 102 valence electrons. The lowest BCUT2D eigenvalue weighted by Crippen LogP contribution is -2.31.